The van der Waals surface area contributed by atoms with Gasteiger partial charge in [0.15, 0.2) is 0 Å². The minimum absolute atomic E-state index is 0. The lowest BCUT2D eigenvalue weighted by Gasteiger charge is -2.29. The molecule has 0 fully saturated rings. The van der Waals surface area contributed by atoms with Gasteiger partial charge in [-0.2, -0.15) is 0 Å². The number of amides is 1. The van der Waals surface area contributed by atoms with E-state index in [0.29, 0.717) is 30.9 Å². The molecule has 0 aromatic heterocycles. The molecule has 1 heterocycles. The largest absolute Gasteiger partial charge is 0.351 e. The Hall–Kier alpha value is -1.31. The highest BCUT2D eigenvalue weighted by Gasteiger charge is 2.24. The minimum Gasteiger partial charge on any atom is -0.351 e. The Morgan fingerprint density at radius 1 is 1.32 bits per heavy atom. The molecule has 0 unspecified atom stereocenters. The number of aryl methyl sites for hydroxylation is 1. The third kappa shape index (κ3) is 4.34. The van der Waals surface area contributed by atoms with E-state index in [1.807, 2.05) is 7.05 Å². The Labute approximate surface area is 137 Å². The molecule has 0 bridgehead atoms. The quantitative estimate of drug-likeness (QED) is 0.771. The van der Waals surface area contributed by atoms with E-state index in [1.54, 1.807) is 18.2 Å². The number of sulfonamides is 1. The van der Waals surface area contributed by atoms with Gasteiger partial charge in [-0.3, -0.25) is 9.10 Å². The van der Waals surface area contributed by atoms with Crippen molar-refractivity contribution in [1.29, 1.82) is 0 Å². The Morgan fingerprint density at radius 2 is 2.05 bits per heavy atom. The summed E-state index contributed by atoms with van der Waals surface area (Å²) in [7, 11) is -1.44. The lowest BCUT2D eigenvalue weighted by Crippen LogP contribution is -2.35. The van der Waals surface area contributed by atoms with Crippen LogP contribution in [0.4, 0.5) is 5.69 Å². The van der Waals surface area contributed by atoms with Crippen molar-refractivity contribution < 1.29 is 13.2 Å². The number of likely N-dealkylation sites (N-methyl/N-ethyl adjacent to an activating group) is 1. The zero-order chi connectivity index (χ0) is 15.5. The normalized spacial score (nSPS) is 14.0. The number of halogens is 1. The van der Waals surface area contributed by atoms with Crippen molar-refractivity contribution in [3.05, 3.63) is 29.3 Å². The molecule has 0 saturated heterocycles. The SMILES string of the molecule is CNCCNC(=O)c1ccc2c(c1)CCCN2S(C)(=O)=O.Cl. The van der Waals surface area contributed by atoms with E-state index in [9.17, 15) is 13.2 Å². The van der Waals surface area contributed by atoms with Gasteiger partial charge in [-0.05, 0) is 43.7 Å². The molecule has 1 aromatic carbocycles. The second-order valence-electron chi connectivity index (χ2n) is 5.14. The van der Waals surface area contributed by atoms with Crippen molar-refractivity contribution in [2.45, 2.75) is 12.8 Å². The van der Waals surface area contributed by atoms with E-state index in [1.165, 1.54) is 10.6 Å². The van der Waals surface area contributed by atoms with Crippen molar-refractivity contribution in [2.75, 3.05) is 37.2 Å². The van der Waals surface area contributed by atoms with Crippen LogP contribution in [0.3, 0.4) is 0 Å². The van der Waals surface area contributed by atoms with E-state index in [2.05, 4.69) is 10.6 Å². The lowest BCUT2D eigenvalue weighted by molar-refractivity contribution is 0.0954. The molecule has 0 spiro atoms. The van der Waals surface area contributed by atoms with Crippen molar-refractivity contribution in [1.82, 2.24) is 10.6 Å². The van der Waals surface area contributed by atoms with Crippen LogP contribution in [0.25, 0.3) is 0 Å². The molecule has 1 aliphatic rings. The molecule has 2 N–H and O–H groups in total. The molecule has 0 atom stereocenters. The monoisotopic (exact) mass is 347 g/mol. The molecular formula is C14H22ClN3O3S. The van der Waals surface area contributed by atoms with Gasteiger partial charge in [0, 0.05) is 25.2 Å². The Balaban J connectivity index is 0.00000242. The maximum Gasteiger partial charge on any atom is 0.251 e. The van der Waals surface area contributed by atoms with Gasteiger partial charge >= 0.3 is 0 Å². The molecule has 1 amide bonds. The van der Waals surface area contributed by atoms with Crippen molar-refractivity contribution >= 4 is 34.0 Å². The second-order valence-corrected chi connectivity index (χ2v) is 7.05. The van der Waals surface area contributed by atoms with Gasteiger partial charge in [-0.25, -0.2) is 8.42 Å². The second kappa shape index (κ2) is 7.80. The molecule has 1 aliphatic heterocycles. The number of carbonyl (C=O) groups excluding carboxylic acids is 1. The summed E-state index contributed by atoms with van der Waals surface area (Å²) in [6.45, 7) is 1.76. The van der Waals surface area contributed by atoms with Crippen LogP contribution >= 0.6 is 12.4 Å². The number of rotatable bonds is 5. The Bertz CT molecular complexity index is 634. The third-order valence-electron chi connectivity index (χ3n) is 3.48. The number of benzene rings is 1. The average Bonchev–Trinajstić information content (AvgIpc) is 2.45. The summed E-state index contributed by atoms with van der Waals surface area (Å²) in [6.07, 6.45) is 2.77. The Kier molecular flexibility index (Phi) is 6.65. The van der Waals surface area contributed by atoms with Crippen molar-refractivity contribution in [3.63, 3.8) is 0 Å². The van der Waals surface area contributed by atoms with Gasteiger partial charge in [-0.1, -0.05) is 0 Å². The summed E-state index contributed by atoms with van der Waals surface area (Å²) in [5.41, 5.74) is 2.17. The highest BCUT2D eigenvalue weighted by Crippen LogP contribution is 2.29. The van der Waals surface area contributed by atoms with Crippen molar-refractivity contribution in [2.24, 2.45) is 0 Å². The molecule has 0 aliphatic carbocycles. The smallest absolute Gasteiger partial charge is 0.251 e. The predicted molar refractivity (Wildman–Crippen MR) is 90.5 cm³/mol. The highest BCUT2D eigenvalue weighted by atomic mass is 35.5. The number of carbonyl (C=O) groups is 1. The summed E-state index contributed by atoms with van der Waals surface area (Å²) >= 11 is 0. The van der Waals surface area contributed by atoms with Crippen LogP contribution in [0.5, 0.6) is 0 Å². The van der Waals surface area contributed by atoms with Gasteiger partial charge in [0.05, 0.1) is 11.9 Å². The summed E-state index contributed by atoms with van der Waals surface area (Å²) in [4.78, 5) is 12.0. The van der Waals surface area contributed by atoms with Gasteiger partial charge in [0.1, 0.15) is 0 Å². The van der Waals surface area contributed by atoms with E-state index < -0.39 is 10.0 Å². The van der Waals surface area contributed by atoms with Crippen LogP contribution in [-0.2, 0) is 16.4 Å². The third-order valence-corrected chi connectivity index (χ3v) is 4.66. The van der Waals surface area contributed by atoms with Gasteiger partial charge in [-0.15, -0.1) is 12.4 Å². The molecule has 8 heteroatoms. The molecule has 2 rings (SSSR count). The number of nitrogens with one attached hydrogen (secondary N) is 2. The number of hydrogen-bond acceptors (Lipinski definition) is 4. The maximum absolute atomic E-state index is 12.0. The fourth-order valence-electron chi connectivity index (χ4n) is 2.45. The summed E-state index contributed by atoms with van der Waals surface area (Å²) in [5, 5.41) is 5.77. The molecule has 124 valence electrons. The zero-order valence-corrected chi connectivity index (χ0v) is 14.4. The topological polar surface area (TPSA) is 78.5 Å². The molecule has 0 radical (unpaired) electrons. The van der Waals surface area contributed by atoms with Gasteiger partial charge in [0.2, 0.25) is 10.0 Å². The number of hydrogen-bond donors (Lipinski definition) is 2. The summed E-state index contributed by atoms with van der Waals surface area (Å²) in [5.74, 6) is -0.135. The fraction of sp³-hybridized carbons (Fsp3) is 0.500. The first-order chi connectivity index (χ1) is 9.93. The van der Waals surface area contributed by atoms with Crippen LogP contribution in [0.2, 0.25) is 0 Å². The fourth-order valence-corrected chi connectivity index (χ4v) is 3.45. The Morgan fingerprint density at radius 3 is 2.68 bits per heavy atom. The van der Waals surface area contributed by atoms with E-state index in [0.717, 1.165) is 18.4 Å². The van der Waals surface area contributed by atoms with Crippen molar-refractivity contribution in [3.8, 4) is 0 Å². The molecule has 22 heavy (non-hydrogen) atoms. The first kappa shape index (κ1) is 18.7. The molecule has 1 aromatic rings. The first-order valence-electron chi connectivity index (χ1n) is 6.97. The minimum atomic E-state index is -3.27. The van der Waals surface area contributed by atoms with Gasteiger partial charge < -0.3 is 10.6 Å². The highest BCUT2D eigenvalue weighted by molar-refractivity contribution is 7.92. The van der Waals surface area contributed by atoms with Crippen LogP contribution in [0.1, 0.15) is 22.3 Å². The molecule has 0 saturated carbocycles. The van der Waals surface area contributed by atoms with Crippen LogP contribution in [0, 0.1) is 0 Å². The number of fused-ring (bicyclic) bond motifs is 1. The molecular weight excluding hydrogens is 326 g/mol. The van der Waals surface area contributed by atoms with E-state index in [4.69, 9.17) is 0 Å². The summed E-state index contributed by atoms with van der Waals surface area (Å²) in [6, 6.07) is 5.20. The lowest BCUT2D eigenvalue weighted by atomic mass is 10.0. The van der Waals surface area contributed by atoms with E-state index >= 15 is 0 Å². The van der Waals surface area contributed by atoms with Crippen LogP contribution in [0.15, 0.2) is 18.2 Å². The van der Waals surface area contributed by atoms with Crippen LogP contribution in [-0.4, -0.2) is 47.3 Å². The van der Waals surface area contributed by atoms with Gasteiger partial charge in [0.25, 0.3) is 5.91 Å². The predicted octanol–water partition coefficient (Wildman–Crippen LogP) is 0.770. The average molecular weight is 348 g/mol. The number of nitrogens with zero attached hydrogens (tertiary/aromatic N) is 1. The maximum atomic E-state index is 12.0. The van der Waals surface area contributed by atoms with Crippen LogP contribution < -0.4 is 14.9 Å². The summed E-state index contributed by atoms with van der Waals surface area (Å²) < 4.78 is 25.0. The molecule has 6 nitrogen and oxygen atoms in total. The zero-order valence-electron chi connectivity index (χ0n) is 12.8. The standard InChI is InChI=1S/C14H21N3O3S.ClH/c1-15-7-8-16-14(18)12-5-6-13-11(10-12)4-3-9-17(13)21(2,19)20;/h5-6,10,15H,3-4,7-9H2,1-2H3,(H,16,18);1H. The number of anilines is 1. The first-order valence-corrected chi connectivity index (χ1v) is 8.82. The van der Waals surface area contributed by atoms with E-state index in [-0.39, 0.29) is 18.3 Å².